The molecule has 0 bridgehead atoms. The monoisotopic (exact) mass is 278 g/mol. The number of hydrogen-bond donors (Lipinski definition) is 2. The molecule has 1 aromatic rings. The zero-order valence-corrected chi connectivity index (χ0v) is 12.2. The van der Waals surface area contributed by atoms with Crippen molar-refractivity contribution in [2.24, 2.45) is 4.99 Å². The summed E-state index contributed by atoms with van der Waals surface area (Å²) in [6.45, 7) is 5.97. The molecule has 0 aliphatic carbocycles. The Labute approximate surface area is 120 Å². The van der Waals surface area contributed by atoms with Gasteiger partial charge in [-0.1, -0.05) is 12.1 Å². The molecule has 4 nitrogen and oxygen atoms in total. The largest absolute Gasteiger partial charge is 0.374 e. The minimum atomic E-state index is -0.207. The van der Waals surface area contributed by atoms with Gasteiger partial charge in [-0.3, -0.25) is 4.99 Å². The van der Waals surface area contributed by atoms with Crippen molar-refractivity contribution in [2.45, 2.75) is 6.42 Å². The Morgan fingerprint density at radius 2 is 2.25 bits per heavy atom. The number of rotatable bonds is 7. The van der Waals surface area contributed by atoms with Gasteiger partial charge in [0.2, 0.25) is 0 Å². The Hall–Kier alpha value is -2.04. The van der Waals surface area contributed by atoms with Crippen molar-refractivity contribution in [3.8, 4) is 0 Å². The van der Waals surface area contributed by atoms with E-state index in [1.165, 1.54) is 12.1 Å². The average Bonchev–Trinajstić information content (AvgIpc) is 2.46. The lowest BCUT2D eigenvalue weighted by Crippen LogP contribution is -2.38. The minimum Gasteiger partial charge on any atom is -0.374 e. The molecule has 0 aromatic heterocycles. The topological polar surface area (TPSA) is 39.7 Å². The summed E-state index contributed by atoms with van der Waals surface area (Å²) in [5, 5.41) is 6.32. The highest BCUT2D eigenvalue weighted by Gasteiger charge is 2.02. The fourth-order valence-electron chi connectivity index (χ4n) is 1.76. The quantitative estimate of drug-likeness (QED) is 0.347. The van der Waals surface area contributed by atoms with Gasteiger partial charge < -0.3 is 15.5 Å². The van der Waals surface area contributed by atoms with Crippen LogP contribution in [0.1, 0.15) is 6.42 Å². The molecule has 5 heteroatoms. The number of benzene rings is 1. The number of halogens is 1. The molecule has 110 valence electrons. The number of hydrogen-bond acceptors (Lipinski definition) is 2. The Balaban J connectivity index is 2.28. The number of nitrogens with one attached hydrogen (secondary N) is 2. The van der Waals surface area contributed by atoms with Gasteiger partial charge in [-0.05, 0) is 24.6 Å². The van der Waals surface area contributed by atoms with Crippen LogP contribution in [0.2, 0.25) is 0 Å². The maximum atomic E-state index is 13.1. The minimum absolute atomic E-state index is 0.207. The van der Waals surface area contributed by atoms with E-state index >= 15 is 0 Å². The van der Waals surface area contributed by atoms with Crippen molar-refractivity contribution < 1.29 is 4.39 Å². The third kappa shape index (κ3) is 5.73. The van der Waals surface area contributed by atoms with E-state index in [2.05, 4.69) is 22.2 Å². The van der Waals surface area contributed by atoms with Crippen molar-refractivity contribution in [3.05, 3.63) is 42.7 Å². The predicted octanol–water partition coefficient (Wildman–Crippen LogP) is 2.00. The van der Waals surface area contributed by atoms with Crippen molar-refractivity contribution in [3.63, 3.8) is 0 Å². The second-order valence-corrected chi connectivity index (χ2v) is 4.42. The highest BCUT2D eigenvalue weighted by Crippen LogP contribution is 2.13. The van der Waals surface area contributed by atoms with E-state index < -0.39 is 0 Å². The Bertz CT molecular complexity index is 445. The first-order valence-electron chi connectivity index (χ1n) is 6.69. The lowest BCUT2D eigenvalue weighted by Gasteiger charge is -2.19. The van der Waals surface area contributed by atoms with Crippen LogP contribution in [0.15, 0.2) is 41.9 Å². The molecule has 0 unspecified atom stereocenters. The molecule has 20 heavy (non-hydrogen) atoms. The van der Waals surface area contributed by atoms with E-state index in [0.717, 1.165) is 31.2 Å². The van der Waals surface area contributed by atoms with Crippen LogP contribution in [0.5, 0.6) is 0 Å². The van der Waals surface area contributed by atoms with Gasteiger partial charge >= 0.3 is 0 Å². The van der Waals surface area contributed by atoms with Gasteiger partial charge in [-0.2, -0.15) is 0 Å². The van der Waals surface area contributed by atoms with E-state index in [4.69, 9.17) is 0 Å². The van der Waals surface area contributed by atoms with Crippen LogP contribution in [0.25, 0.3) is 0 Å². The summed E-state index contributed by atoms with van der Waals surface area (Å²) in [7, 11) is 3.69. The van der Waals surface area contributed by atoms with Gasteiger partial charge in [0.1, 0.15) is 5.82 Å². The maximum absolute atomic E-state index is 13.1. The number of aliphatic imine (C=N–C) groups is 1. The first kappa shape index (κ1) is 16.0. The Morgan fingerprint density at radius 1 is 1.45 bits per heavy atom. The molecule has 0 saturated carbocycles. The van der Waals surface area contributed by atoms with Crippen molar-refractivity contribution in [1.82, 2.24) is 10.6 Å². The molecule has 0 spiro atoms. The van der Waals surface area contributed by atoms with Crippen molar-refractivity contribution in [2.75, 3.05) is 38.6 Å². The fraction of sp³-hybridized carbons (Fsp3) is 0.400. The first-order chi connectivity index (χ1) is 9.67. The van der Waals surface area contributed by atoms with Crippen LogP contribution < -0.4 is 15.5 Å². The molecule has 2 N–H and O–H groups in total. The molecule has 0 atom stereocenters. The molecule has 0 radical (unpaired) electrons. The average molecular weight is 278 g/mol. The number of anilines is 1. The van der Waals surface area contributed by atoms with Crippen LogP contribution in [0.3, 0.4) is 0 Å². The zero-order valence-electron chi connectivity index (χ0n) is 12.2. The van der Waals surface area contributed by atoms with E-state index in [0.29, 0.717) is 6.54 Å². The van der Waals surface area contributed by atoms with Crippen molar-refractivity contribution >= 4 is 11.6 Å². The van der Waals surface area contributed by atoms with Crippen LogP contribution >= 0.6 is 0 Å². The smallest absolute Gasteiger partial charge is 0.191 e. The van der Waals surface area contributed by atoms with E-state index in [1.54, 1.807) is 19.2 Å². The second-order valence-electron chi connectivity index (χ2n) is 4.42. The van der Waals surface area contributed by atoms with Gasteiger partial charge in [-0.25, -0.2) is 4.39 Å². The summed E-state index contributed by atoms with van der Waals surface area (Å²) in [6.07, 6.45) is 2.71. The summed E-state index contributed by atoms with van der Waals surface area (Å²) in [4.78, 5) is 6.13. The molecule has 0 fully saturated rings. The molecule has 1 rings (SSSR count). The highest BCUT2D eigenvalue weighted by molar-refractivity contribution is 5.79. The van der Waals surface area contributed by atoms with Crippen molar-refractivity contribution in [1.29, 1.82) is 0 Å². The third-order valence-corrected chi connectivity index (χ3v) is 2.85. The molecule has 0 heterocycles. The van der Waals surface area contributed by atoms with Crippen LogP contribution in [0.4, 0.5) is 10.1 Å². The van der Waals surface area contributed by atoms with Crippen LogP contribution in [-0.2, 0) is 0 Å². The normalized spacial score (nSPS) is 11.1. The van der Waals surface area contributed by atoms with Gasteiger partial charge in [0.25, 0.3) is 0 Å². The summed E-state index contributed by atoms with van der Waals surface area (Å²) in [5.74, 6) is 0.555. The van der Waals surface area contributed by atoms with Gasteiger partial charge in [-0.15, -0.1) is 6.58 Å². The Morgan fingerprint density at radius 3 is 2.90 bits per heavy atom. The predicted molar refractivity (Wildman–Crippen MR) is 83.8 cm³/mol. The molecular formula is C15H23FN4. The first-order valence-corrected chi connectivity index (χ1v) is 6.69. The van der Waals surface area contributed by atoms with Gasteiger partial charge in [0.15, 0.2) is 5.96 Å². The lowest BCUT2D eigenvalue weighted by atomic mass is 10.2. The molecular weight excluding hydrogens is 255 g/mol. The van der Waals surface area contributed by atoms with Crippen LogP contribution in [-0.4, -0.2) is 39.7 Å². The third-order valence-electron chi connectivity index (χ3n) is 2.85. The van der Waals surface area contributed by atoms with Crippen LogP contribution in [0, 0.1) is 5.82 Å². The molecule has 0 aliphatic rings. The molecule has 0 amide bonds. The molecule has 1 aromatic carbocycles. The summed E-state index contributed by atoms with van der Waals surface area (Å²) >= 11 is 0. The summed E-state index contributed by atoms with van der Waals surface area (Å²) in [5.41, 5.74) is 0.888. The lowest BCUT2D eigenvalue weighted by molar-refractivity contribution is 0.626. The van der Waals surface area contributed by atoms with Gasteiger partial charge in [0.05, 0.1) is 0 Å². The van der Waals surface area contributed by atoms with Gasteiger partial charge in [0, 0.05) is 39.4 Å². The highest BCUT2D eigenvalue weighted by atomic mass is 19.1. The SMILES string of the molecule is C=CCNC(=NC)NCCCN(C)c1cccc(F)c1. The van der Waals surface area contributed by atoms with E-state index in [-0.39, 0.29) is 5.82 Å². The summed E-state index contributed by atoms with van der Waals surface area (Å²) < 4.78 is 13.1. The molecule has 0 aliphatic heterocycles. The zero-order chi connectivity index (χ0) is 14.8. The Kier molecular flexibility index (Phi) is 7.17. The standard InChI is InChI=1S/C15H23FN4/c1-4-9-18-15(17-2)19-10-6-11-20(3)14-8-5-7-13(16)12-14/h4-5,7-8,12H,1,6,9-11H2,2-3H3,(H2,17,18,19). The molecule has 0 saturated heterocycles. The number of guanidine groups is 1. The maximum Gasteiger partial charge on any atom is 0.191 e. The second kappa shape index (κ2) is 8.96. The fourth-order valence-corrected chi connectivity index (χ4v) is 1.76. The summed E-state index contributed by atoms with van der Waals surface area (Å²) in [6, 6.07) is 6.62. The van der Waals surface area contributed by atoms with E-state index in [1.807, 2.05) is 18.0 Å². The number of nitrogens with zero attached hydrogens (tertiary/aromatic N) is 2. The van der Waals surface area contributed by atoms with E-state index in [9.17, 15) is 4.39 Å².